The first-order valence-electron chi connectivity index (χ1n) is 10.9. The number of ether oxygens (including phenoxy) is 1. The SMILES string of the molecule is CCCCNC(=O)[C@@H](C)N(Cc1cccc(Br)c1)C(=O)COc1ccc(C(C)C)cc1. The molecular formula is C25H33BrN2O3. The topological polar surface area (TPSA) is 58.6 Å². The van der Waals surface area contributed by atoms with Crippen molar-refractivity contribution in [2.24, 2.45) is 0 Å². The van der Waals surface area contributed by atoms with Crippen LogP contribution in [0.5, 0.6) is 5.75 Å². The van der Waals surface area contributed by atoms with Crippen LogP contribution in [0, 0.1) is 0 Å². The molecule has 0 unspecified atom stereocenters. The Kier molecular flexibility index (Phi) is 10.0. The molecule has 2 aromatic carbocycles. The molecule has 0 heterocycles. The van der Waals surface area contributed by atoms with Gasteiger partial charge in [-0.25, -0.2) is 0 Å². The Morgan fingerprint density at radius 2 is 1.81 bits per heavy atom. The monoisotopic (exact) mass is 488 g/mol. The van der Waals surface area contributed by atoms with E-state index in [-0.39, 0.29) is 18.4 Å². The molecule has 0 fully saturated rings. The molecule has 2 rings (SSSR count). The number of halogens is 1. The summed E-state index contributed by atoms with van der Waals surface area (Å²) < 4.78 is 6.67. The fourth-order valence-corrected chi connectivity index (χ4v) is 3.57. The first-order chi connectivity index (χ1) is 14.8. The second-order valence-corrected chi connectivity index (χ2v) is 8.90. The maximum absolute atomic E-state index is 13.1. The molecule has 31 heavy (non-hydrogen) atoms. The van der Waals surface area contributed by atoms with Gasteiger partial charge in [-0.3, -0.25) is 9.59 Å². The van der Waals surface area contributed by atoms with E-state index in [1.54, 1.807) is 11.8 Å². The van der Waals surface area contributed by atoms with Gasteiger partial charge in [-0.15, -0.1) is 0 Å². The third kappa shape index (κ3) is 8.02. The normalized spacial score (nSPS) is 11.8. The Labute approximate surface area is 194 Å². The van der Waals surface area contributed by atoms with E-state index < -0.39 is 6.04 Å². The van der Waals surface area contributed by atoms with Gasteiger partial charge < -0.3 is 15.0 Å². The summed E-state index contributed by atoms with van der Waals surface area (Å²) in [6, 6.07) is 14.9. The minimum atomic E-state index is -0.602. The molecular weight excluding hydrogens is 456 g/mol. The van der Waals surface area contributed by atoms with E-state index in [0.717, 1.165) is 22.9 Å². The number of hydrogen-bond donors (Lipinski definition) is 1. The maximum Gasteiger partial charge on any atom is 0.261 e. The molecule has 0 radical (unpaired) electrons. The number of rotatable bonds is 11. The summed E-state index contributed by atoms with van der Waals surface area (Å²) in [7, 11) is 0. The molecule has 0 aromatic heterocycles. The molecule has 0 saturated carbocycles. The van der Waals surface area contributed by atoms with Gasteiger partial charge in [0.2, 0.25) is 5.91 Å². The van der Waals surface area contributed by atoms with Crippen molar-refractivity contribution >= 4 is 27.7 Å². The summed E-state index contributed by atoms with van der Waals surface area (Å²) in [6.07, 6.45) is 1.91. The number of amides is 2. The third-order valence-corrected chi connectivity index (χ3v) is 5.64. The molecule has 0 aliphatic heterocycles. The first kappa shape index (κ1) is 24.9. The van der Waals surface area contributed by atoms with Gasteiger partial charge in [0.25, 0.3) is 5.91 Å². The predicted octanol–water partition coefficient (Wildman–Crippen LogP) is 5.28. The van der Waals surface area contributed by atoms with Crippen molar-refractivity contribution in [1.29, 1.82) is 0 Å². The number of nitrogens with zero attached hydrogens (tertiary/aromatic N) is 1. The second kappa shape index (κ2) is 12.5. The van der Waals surface area contributed by atoms with Gasteiger partial charge in [-0.05, 0) is 54.7 Å². The van der Waals surface area contributed by atoms with Crippen LogP contribution >= 0.6 is 15.9 Å². The molecule has 1 atom stereocenters. The molecule has 0 aliphatic rings. The molecule has 0 spiro atoms. The van der Waals surface area contributed by atoms with E-state index in [0.29, 0.717) is 24.8 Å². The van der Waals surface area contributed by atoms with Crippen LogP contribution in [0.1, 0.15) is 57.6 Å². The van der Waals surface area contributed by atoms with Gasteiger partial charge in [0.05, 0.1) is 0 Å². The molecule has 0 saturated heterocycles. The fraction of sp³-hybridized carbons (Fsp3) is 0.440. The van der Waals surface area contributed by atoms with E-state index in [9.17, 15) is 9.59 Å². The lowest BCUT2D eigenvalue weighted by Crippen LogP contribution is -2.49. The van der Waals surface area contributed by atoms with Crippen LogP contribution in [-0.2, 0) is 16.1 Å². The van der Waals surface area contributed by atoms with Gasteiger partial charge in [0.15, 0.2) is 6.61 Å². The van der Waals surface area contributed by atoms with E-state index in [2.05, 4.69) is 42.0 Å². The number of unbranched alkanes of at least 4 members (excludes halogenated alkanes) is 1. The number of carbonyl (C=O) groups excluding carboxylic acids is 2. The standard InChI is InChI=1S/C25H33BrN2O3/c1-5-6-14-27-25(30)19(4)28(16-20-8-7-9-22(26)15-20)24(29)17-31-23-12-10-21(11-13-23)18(2)3/h7-13,15,18-19H,5-6,14,16-17H2,1-4H3,(H,27,30)/t19-/m1/s1. The smallest absolute Gasteiger partial charge is 0.261 e. The number of nitrogens with one attached hydrogen (secondary N) is 1. The zero-order valence-electron chi connectivity index (χ0n) is 18.9. The lowest BCUT2D eigenvalue weighted by Gasteiger charge is -2.29. The number of carbonyl (C=O) groups is 2. The lowest BCUT2D eigenvalue weighted by atomic mass is 10.0. The van der Waals surface area contributed by atoms with Crippen molar-refractivity contribution in [3.8, 4) is 5.75 Å². The summed E-state index contributed by atoms with van der Waals surface area (Å²) in [5.41, 5.74) is 2.16. The Morgan fingerprint density at radius 1 is 1.10 bits per heavy atom. The summed E-state index contributed by atoms with van der Waals surface area (Å²) in [5.74, 6) is 0.688. The van der Waals surface area contributed by atoms with Crippen LogP contribution in [0.3, 0.4) is 0 Å². The van der Waals surface area contributed by atoms with Crippen LogP contribution in [-0.4, -0.2) is 35.9 Å². The highest BCUT2D eigenvalue weighted by atomic mass is 79.9. The third-order valence-electron chi connectivity index (χ3n) is 5.15. The summed E-state index contributed by atoms with van der Waals surface area (Å²) in [5, 5.41) is 2.92. The van der Waals surface area contributed by atoms with E-state index >= 15 is 0 Å². The van der Waals surface area contributed by atoms with Gasteiger partial charge in [-0.1, -0.05) is 67.4 Å². The van der Waals surface area contributed by atoms with Crippen LogP contribution < -0.4 is 10.1 Å². The minimum Gasteiger partial charge on any atom is -0.484 e. The van der Waals surface area contributed by atoms with Crippen LogP contribution in [0.4, 0.5) is 0 Å². The van der Waals surface area contributed by atoms with Crippen LogP contribution in [0.25, 0.3) is 0 Å². The summed E-state index contributed by atoms with van der Waals surface area (Å²) in [4.78, 5) is 27.3. The molecule has 5 nitrogen and oxygen atoms in total. The molecule has 0 bridgehead atoms. The summed E-state index contributed by atoms with van der Waals surface area (Å²) in [6.45, 7) is 8.91. The number of benzene rings is 2. The van der Waals surface area contributed by atoms with Gasteiger partial charge in [0, 0.05) is 17.6 Å². The minimum absolute atomic E-state index is 0.123. The van der Waals surface area contributed by atoms with Crippen molar-refractivity contribution in [2.45, 2.75) is 59.0 Å². The zero-order chi connectivity index (χ0) is 22.8. The van der Waals surface area contributed by atoms with Crippen molar-refractivity contribution in [3.05, 3.63) is 64.1 Å². The summed E-state index contributed by atoms with van der Waals surface area (Å²) >= 11 is 3.47. The van der Waals surface area contributed by atoms with Gasteiger partial charge in [-0.2, -0.15) is 0 Å². The van der Waals surface area contributed by atoms with Crippen LogP contribution in [0.2, 0.25) is 0 Å². The van der Waals surface area contributed by atoms with Crippen LogP contribution in [0.15, 0.2) is 53.0 Å². The fourth-order valence-electron chi connectivity index (χ4n) is 3.13. The van der Waals surface area contributed by atoms with E-state index in [4.69, 9.17) is 4.74 Å². The molecule has 2 amide bonds. The molecule has 0 aliphatic carbocycles. The Bertz CT molecular complexity index is 852. The molecule has 1 N–H and O–H groups in total. The van der Waals surface area contributed by atoms with Crippen molar-refractivity contribution in [2.75, 3.05) is 13.2 Å². The average molecular weight is 489 g/mol. The Balaban J connectivity index is 2.09. The first-order valence-corrected chi connectivity index (χ1v) is 11.7. The maximum atomic E-state index is 13.1. The molecule has 6 heteroatoms. The molecule has 2 aromatic rings. The van der Waals surface area contributed by atoms with Gasteiger partial charge >= 0.3 is 0 Å². The molecule has 168 valence electrons. The second-order valence-electron chi connectivity index (χ2n) is 7.98. The average Bonchev–Trinajstić information content (AvgIpc) is 2.75. The van der Waals surface area contributed by atoms with E-state index in [1.807, 2.05) is 48.5 Å². The van der Waals surface area contributed by atoms with Crippen molar-refractivity contribution in [1.82, 2.24) is 10.2 Å². The lowest BCUT2D eigenvalue weighted by molar-refractivity contribution is -0.142. The Morgan fingerprint density at radius 3 is 2.42 bits per heavy atom. The number of hydrogen-bond acceptors (Lipinski definition) is 3. The Hall–Kier alpha value is -2.34. The van der Waals surface area contributed by atoms with Crippen molar-refractivity contribution in [3.63, 3.8) is 0 Å². The van der Waals surface area contributed by atoms with Crippen molar-refractivity contribution < 1.29 is 14.3 Å². The largest absolute Gasteiger partial charge is 0.484 e. The zero-order valence-corrected chi connectivity index (χ0v) is 20.4. The highest BCUT2D eigenvalue weighted by Crippen LogP contribution is 2.19. The predicted molar refractivity (Wildman–Crippen MR) is 128 cm³/mol. The highest BCUT2D eigenvalue weighted by Gasteiger charge is 2.26. The van der Waals surface area contributed by atoms with Gasteiger partial charge in [0.1, 0.15) is 11.8 Å². The quantitative estimate of drug-likeness (QED) is 0.437. The van der Waals surface area contributed by atoms with E-state index in [1.165, 1.54) is 5.56 Å². The highest BCUT2D eigenvalue weighted by molar-refractivity contribution is 9.10.